The standard InChI is InChI=1S/C17H20N4O3/c1-11-8-13-15(24-11)9-14-17(23)20(18-12(2)21(13)14)10-16(22)19-6-4-3-5-7-19/h8-9H,3-7,10H2,1-2H3. The molecule has 1 saturated heterocycles. The Kier molecular flexibility index (Phi) is 3.44. The fourth-order valence-corrected chi connectivity index (χ4v) is 3.50. The molecule has 4 heterocycles. The Morgan fingerprint density at radius 1 is 1.17 bits per heavy atom. The van der Waals surface area contributed by atoms with Crippen molar-refractivity contribution in [2.45, 2.75) is 39.7 Å². The number of carbonyl (C=O) groups is 1. The average Bonchev–Trinajstić information content (AvgIpc) is 3.09. The zero-order chi connectivity index (χ0) is 16.8. The number of rotatable bonds is 2. The fourth-order valence-electron chi connectivity index (χ4n) is 3.50. The number of furan rings is 1. The highest BCUT2D eigenvalue weighted by Crippen LogP contribution is 2.22. The van der Waals surface area contributed by atoms with Crippen molar-refractivity contribution in [1.29, 1.82) is 0 Å². The van der Waals surface area contributed by atoms with Crippen LogP contribution in [0.25, 0.3) is 16.6 Å². The average molecular weight is 328 g/mol. The highest BCUT2D eigenvalue weighted by atomic mass is 16.3. The van der Waals surface area contributed by atoms with Crippen LogP contribution in [0.1, 0.15) is 30.8 Å². The van der Waals surface area contributed by atoms with Gasteiger partial charge >= 0.3 is 0 Å². The van der Waals surface area contributed by atoms with Gasteiger partial charge in [0.25, 0.3) is 5.56 Å². The lowest BCUT2D eigenvalue weighted by atomic mass is 10.1. The minimum atomic E-state index is -0.269. The zero-order valence-electron chi connectivity index (χ0n) is 13.9. The topological polar surface area (TPSA) is 72.8 Å². The van der Waals surface area contributed by atoms with Crippen LogP contribution in [-0.4, -0.2) is 38.1 Å². The van der Waals surface area contributed by atoms with Crippen LogP contribution in [-0.2, 0) is 11.3 Å². The third-order valence-corrected chi connectivity index (χ3v) is 4.65. The molecule has 3 aromatic rings. The number of carbonyl (C=O) groups excluding carboxylic acids is 1. The molecule has 7 nitrogen and oxygen atoms in total. The summed E-state index contributed by atoms with van der Waals surface area (Å²) in [5.41, 5.74) is 1.71. The van der Waals surface area contributed by atoms with Gasteiger partial charge in [-0.15, -0.1) is 0 Å². The second-order valence-corrected chi connectivity index (χ2v) is 6.42. The molecule has 0 bridgehead atoms. The summed E-state index contributed by atoms with van der Waals surface area (Å²) in [7, 11) is 0. The Bertz CT molecular complexity index is 989. The lowest BCUT2D eigenvalue weighted by Gasteiger charge is -2.26. The maximum atomic E-state index is 12.7. The third-order valence-electron chi connectivity index (χ3n) is 4.65. The smallest absolute Gasteiger partial charge is 0.291 e. The summed E-state index contributed by atoms with van der Waals surface area (Å²) in [5, 5.41) is 4.35. The maximum Gasteiger partial charge on any atom is 0.291 e. The summed E-state index contributed by atoms with van der Waals surface area (Å²) >= 11 is 0. The summed E-state index contributed by atoms with van der Waals surface area (Å²) in [6.07, 6.45) is 3.22. The number of fused-ring (bicyclic) bond motifs is 3. The SMILES string of the molecule is Cc1cc2c(cc3c(=O)n(CC(=O)N4CCCCC4)nc(C)n32)o1. The van der Waals surface area contributed by atoms with Crippen molar-refractivity contribution in [3.8, 4) is 0 Å². The number of hydrogen-bond donors (Lipinski definition) is 0. The summed E-state index contributed by atoms with van der Waals surface area (Å²) in [6.45, 7) is 5.23. The van der Waals surface area contributed by atoms with Crippen LogP contribution in [0.2, 0.25) is 0 Å². The van der Waals surface area contributed by atoms with Gasteiger partial charge in [-0.05, 0) is 33.1 Å². The molecule has 0 aromatic carbocycles. The van der Waals surface area contributed by atoms with Crippen LogP contribution in [0.4, 0.5) is 0 Å². The molecular weight excluding hydrogens is 308 g/mol. The van der Waals surface area contributed by atoms with Gasteiger partial charge in [-0.3, -0.25) is 14.0 Å². The van der Waals surface area contributed by atoms with Gasteiger partial charge in [0, 0.05) is 25.2 Å². The van der Waals surface area contributed by atoms with Gasteiger partial charge in [-0.1, -0.05) is 0 Å². The Morgan fingerprint density at radius 3 is 2.67 bits per heavy atom. The van der Waals surface area contributed by atoms with Crippen molar-refractivity contribution < 1.29 is 9.21 Å². The van der Waals surface area contributed by atoms with E-state index in [2.05, 4.69) is 5.10 Å². The number of hydrogen-bond acceptors (Lipinski definition) is 4. The Balaban J connectivity index is 1.75. The second kappa shape index (κ2) is 5.51. The van der Waals surface area contributed by atoms with Crippen molar-refractivity contribution >= 4 is 22.5 Å². The van der Waals surface area contributed by atoms with Gasteiger partial charge in [0.15, 0.2) is 5.58 Å². The summed E-state index contributed by atoms with van der Waals surface area (Å²) < 4.78 is 8.67. The minimum Gasteiger partial charge on any atom is -0.460 e. The molecule has 0 unspecified atom stereocenters. The van der Waals surface area contributed by atoms with Gasteiger partial charge in [-0.2, -0.15) is 5.10 Å². The fraction of sp³-hybridized carbons (Fsp3) is 0.471. The van der Waals surface area contributed by atoms with E-state index in [1.165, 1.54) is 4.68 Å². The molecule has 0 atom stereocenters. The highest BCUT2D eigenvalue weighted by molar-refractivity contribution is 5.83. The van der Waals surface area contributed by atoms with Crippen molar-refractivity contribution in [1.82, 2.24) is 19.1 Å². The van der Waals surface area contributed by atoms with E-state index in [1.54, 1.807) is 10.5 Å². The van der Waals surface area contributed by atoms with Crippen LogP contribution in [0.3, 0.4) is 0 Å². The molecule has 1 aliphatic heterocycles. The van der Waals surface area contributed by atoms with Gasteiger partial charge in [0.05, 0.1) is 5.52 Å². The van der Waals surface area contributed by atoms with Crippen molar-refractivity contribution in [2.24, 2.45) is 0 Å². The first-order chi connectivity index (χ1) is 11.5. The molecule has 0 saturated carbocycles. The van der Waals surface area contributed by atoms with Crippen LogP contribution < -0.4 is 5.56 Å². The van der Waals surface area contributed by atoms with E-state index in [4.69, 9.17) is 4.42 Å². The van der Waals surface area contributed by atoms with E-state index in [1.807, 2.05) is 24.8 Å². The summed E-state index contributed by atoms with van der Waals surface area (Å²) in [4.78, 5) is 27.0. The maximum absolute atomic E-state index is 12.7. The quantitative estimate of drug-likeness (QED) is 0.720. The lowest BCUT2D eigenvalue weighted by Crippen LogP contribution is -2.40. The Hall–Kier alpha value is -2.57. The molecule has 3 aromatic heterocycles. The molecule has 126 valence electrons. The van der Waals surface area contributed by atoms with Gasteiger partial charge < -0.3 is 9.32 Å². The number of aromatic nitrogens is 3. The summed E-state index contributed by atoms with van der Waals surface area (Å²) in [5.74, 6) is 1.41. The highest BCUT2D eigenvalue weighted by Gasteiger charge is 2.20. The van der Waals surface area contributed by atoms with E-state index in [-0.39, 0.29) is 18.0 Å². The first-order valence-corrected chi connectivity index (χ1v) is 8.32. The zero-order valence-corrected chi connectivity index (χ0v) is 13.9. The Labute approximate surface area is 138 Å². The number of amides is 1. The van der Waals surface area contributed by atoms with E-state index >= 15 is 0 Å². The van der Waals surface area contributed by atoms with Crippen molar-refractivity contribution in [3.05, 3.63) is 34.1 Å². The molecule has 0 aliphatic carbocycles. The molecule has 1 amide bonds. The molecule has 24 heavy (non-hydrogen) atoms. The van der Waals surface area contributed by atoms with Crippen molar-refractivity contribution in [2.75, 3.05) is 13.1 Å². The second-order valence-electron chi connectivity index (χ2n) is 6.42. The van der Waals surface area contributed by atoms with Crippen LogP contribution in [0.5, 0.6) is 0 Å². The number of aryl methyl sites for hydroxylation is 2. The molecule has 7 heteroatoms. The number of likely N-dealkylation sites (tertiary alicyclic amines) is 1. The minimum absolute atomic E-state index is 0.0122. The van der Waals surface area contributed by atoms with E-state index in [9.17, 15) is 9.59 Å². The van der Waals surface area contributed by atoms with Crippen LogP contribution in [0.15, 0.2) is 21.3 Å². The Morgan fingerprint density at radius 2 is 1.92 bits per heavy atom. The van der Waals surface area contributed by atoms with Gasteiger partial charge in [-0.25, -0.2) is 4.68 Å². The van der Waals surface area contributed by atoms with E-state index < -0.39 is 0 Å². The van der Waals surface area contributed by atoms with Crippen LogP contribution in [0, 0.1) is 13.8 Å². The molecule has 0 N–H and O–H groups in total. The predicted molar refractivity (Wildman–Crippen MR) is 89.1 cm³/mol. The molecular formula is C17H20N4O3. The van der Waals surface area contributed by atoms with E-state index in [0.717, 1.165) is 43.6 Å². The van der Waals surface area contributed by atoms with Crippen LogP contribution >= 0.6 is 0 Å². The lowest BCUT2D eigenvalue weighted by molar-refractivity contribution is -0.133. The largest absolute Gasteiger partial charge is 0.460 e. The predicted octanol–water partition coefficient (Wildman–Crippen LogP) is 1.87. The first-order valence-electron chi connectivity index (χ1n) is 8.32. The third kappa shape index (κ3) is 2.31. The molecule has 0 radical (unpaired) electrons. The normalized spacial score (nSPS) is 15.5. The van der Waals surface area contributed by atoms with E-state index in [0.29, 0.717) is 16.9 Å². The molecule has 1 aliphatic rings. The summed E-state index contributed by atoms with van der Waals surface area (Å²) in [6, 6.07) is 3.61. The van der Waals surface area contributed by atoms with Gasteiger partial charge in [0.2, 0.25) is 5.91 Å². The van der Waals surface area contributed by atoms with Gasteiger partial charge in [0.1, 0.15) is 23.6 Å². The monoisotopic (exact) mass is 328 g/mol. The number of nitrogens with zero attached hydrogens (tertiary/aromatic N) is 4. The molecule has 0 spiro atoms. The molecule has 4 rings (SSSR count). The number of piperidine rings is 1. The van der Waals surface area contributed by atoms with Crippen molar-refractivity contribution in [3.63, 3.8) is 0 Å². The first kappa shape index (κ1) is 15.0. The molecule has 1 fully saturated rings.